The van der Waals surface area contributed by atoms with Gasteiger partial charge >= 0.3 is 5.97 Å². The molecule has 1 atom stereocenters. The van der Waals surface area contributed by atoms with Gasteiger partial charge in [0, 0.05) is 24.7 Å². The number of anilines is 1. The molecule has 1 saturated heterocycles. The van der Waals surface area contributed by atoms with Crippen LogP contribution in [0.25, 0.3) is 0 Å². The molecule has 0 radical (unpaired) electrons. The Bertz CT molecular complexity index is 1190. The van der Waals surface area contributed by atoms with Crippen molar-refractivity contribution >= 4 is 44.9 Å². The van der Waals surface area contributed by atoms with Crippen molar-refractivity contribution in [3.63, 3.8) is 0 Å². The van der Waals surface area contributed by atoms with E-state index in [2.05, 4.69) is 5.32 Å². The van der Waals surface area contributed by atoms with E-state index >= 15 is 0 Å². The van der Waals surface area contributed by atoms with Gasteiger partial charge in [0.25, 0.3) is 5.69 Å². The van der Waals surface area contributed by atoms with Crippen molar-refractivity contribution in [3.8, 4) is 0 Å². The molecule has 13 heteroatoms. The van der Waals surface area contributed by atoms with Crippen molar-refractivity contribution in [1.82, 2.24) is 4.31 Å². The first-order chi connectivity index (χ1) is 17.2. The number of hydrogen-bond donors (Lipinski definition) is 1. The number of morpholine rings is 1. The zero-order valence-corrected chi connectivity index (χ0v) is 21.3. The Labute approximate surface area is 213 Å². The number of thioether (sulfide) groups is 1. The van der Waals surface area contributed by atoms with Crippen molar-refractivity contribution in [1.29, 1.82) is 0 Å². The number of nitrogens with one attached hydrogen (secondary N) is 1. The number of nitrogens with zero attached hydrogens (tertiary/aromatic N) is 2. The van der Waals surface area contributed by atoms with E-state index in [1.54, 1.807) is 30.3 Å². The summed E-state index contributed by atoms with van der Waals surface area (Å²) < 4.78 is 37.5. The Hall–Kier alpha value is -3.00. The lowest BCUT2D eigenvalue weighted by molar-refractivity contribution is -0.384. The largest absolute Gasteiger partial charge is 0.456 e. The van der Waals surface area contributed by atoms with Crippen LogP contribution < -0.4 is 5.32 Å². The van der Waals surface area contributed by atoms with Gasteiger partial charge in [-0.25, -0.2) is 13.2 Å². The maximum atomic E-state index is 12.9. The molecular weight excluding hydrogens is 510 g/mol. The number of hydrogen-bond acceptors (Lipinski definition) is 10. The fourth-order valence-corrected chi connectivity index (χ4v) is 5.40. The van der Waals surface area contributed by atoms with Gasteiger partial charge in [-0.2, -0.15) is 16.1 Å². The van der Waals surface area contributed by atoms with E-state index in [9.17, 15) is 28.1 Å². The number of benzene rings is 2. The van der Waals surface area contributed by atoms with Gasteiger partial charge in [-0.1, -0.05) is 30.3 Å². The number of carbonyl (C=O) groups is 2. The molecule has 0 aromatic heterocycles. The maximum absolute atomic E-state index is 12.9. The summed E-state index contributed by atoms with van der Waals surface area (Å²) in [6, 6.07) is 10.9. The van der Waals surface area contributed by atoms with Crippen molar-refractivity contribution in [2.24, 2.45) is 0 Å². The summed E-state index contributed by atoms with van der Waals surface area (Å²) in [5.41, 5.74) is -0.128. The molecule has 0 amide bonds. The third-order valence-corrected chi connectivity index (χ3v) is 7.98. The minimum atomic E-state index is -3.95. The molecule has 0 aliphatic carbocycles. The molecule has 1 heterocycles. The second-order valence-electron chi connectivity index (χ2n) is 7.83. The molecule has 36 heavy (non-hydrogen) atoms. The van der Waals surface area contributed by atoms with Crippen LogP contribution in [0, 0.1) is 10.1 Å². The predicted molar refractivity (Wildman–Crippen MR) is 135 cm³/mol. The van der Waals surface area contributed by atoms with Gasteiger partial charge in [0.15, 0.2) is 12.4 Å². The quantitative estimate of drug-likeness (QED) is 0.186. The molecule has 11 nitrogen and oxygen atoms in total. The van der Waals surface area contributed by atoms with E-state index in [0.717, 1.165) is 6.07 Å². The van der Waals surface area contributed by atoms with Crippen LogP contribution in [0.5, 0.6) is 0 Å². The Morgan fingerprint density at radius 3 is 2.53 bits per heavy atom. The van der Waals surface area contributed by atoms with E-state index in [1.807, 2.05) is 6.26 Å². The third-order valence-electron chi connectivity index (χ3n) is 5.44. The normalized spacial score (nSPS) is 15.1. The highest BCUT2D eigenvalue weighted by Gasteiger charge is 2.30. The first-order valence-electron chi connectivity index (χ1n) is 11.1. The van der Waals surface area contributed by atoms with Crippen LogP contribution in [0.2, 0.25) is 0 Å². The number of Topliss-reactive ketones (excluding diaryl/α,β-unsaturated/α-hetero) is 1. The van der Waals surface area contributed by atoms with Crippen LogP contribution in [-0.4, -0.2) is 80.4 Å². The summed E-state index contributed by atoms with van der Waals surface area (Å²) in [5.74, 6) is -0.583. The van der Waals surface area contributed by atoms with E-state index in [4.69, 9.17) is 9.47 Å². The van der Waals surface area contributed by atoms with Gasteiger partial charge in [0.1, 0.15) is 11.7 Å². The number of nitro groups is 1. The number of sulfonamides is 1. The molecule has 1 unspecified atom stereocenters. The molecule has 3 rings (SSSR count). The van der Waals surface area contributed by atoms with Gasteiger partial charge < -0.3 is 14.8 Å². The van der Waals surface area contributed by atoms with Crippen LogP contribution in [0.4, 0.5) is 11.4 Å². The monoisotopic (exact) mass is 537 g/mol. The number of ketones is 1. The Balaban J connectivity index is 1.78. The predicted octanol–water partition coefficient (Wildman–Crippen LogP) is 2.58. The van der Waals surface area contributed by atoms with E-state index in [-0.39, 0.29) is 49.1 Å². The van der Waals surface area contributed by atoms with Gasteiger partial charge in [-0.05, 0) is 30.6 Å². The standard InChI is InChI=1S/C23H27N3O8S2/c1-35-14-9-20(23(28)34-16-22(27)17-5-3-2-4-6-17)24-19-8-7-18(15-21(19)26(29)30)36(31,32)25-10-12-33-13-11-25/h2-8,15,20,24H,9-14,16H2,1H3. The zero-order chi connectivity index (χ0) is 26.1. The van der Waals surface area contributed by atoms with Gasteiger partial charge in [-0.3, -0.25) is 14.9 Å². The summed E-state index contributed by atoms with van der Waals surface area (Å²) in [5, 5.41) is 14.6. The summed E-state index contributed by atoms with van der Waals surface area (Å²) in [6.07, 6.45) is 2.11. The van der Waals surface area contributed by atoms with Crippen LogP contribution >= 0.6 is 11.8 Å². The van der Waals surface area contributed by atoms with Crippen molar-refractivity contribution < 1.29 is 32.4 Å². The van der Waals surface area contributed by atoms with Crippen LogP contribution in [0.3, 0.4) is 0 Å². The van der Waals surface area contributed by atoms with Crippen molar-refractivity contribution in [3.05, 3.63) is 64.2 Å². The lowest BCUT2D eigenvalue weighted by Crippen LogP contribution is -2.40. The van der Waals surface area contributed by atoms with Crippen LogP contribution in [-0.2, 0) is 24.3 Å². The molecule has 0 saturated carbocycles. The van der Waals surface area contributed by atoms with Crippen molar-refractivity contribution in [2.45, 2.75) is 17.4 Å². The number of ether oxygens (including phenoxy) is 2. The molecule has 1 N–H and O–H groups in total. The number of esters is 1. The zero-order valence-electron chi connectivity index (χ0n) is 19.6. The molecule has 1 aliphatic heterocycles. The molecule has 1 aliphatic rings. The van der Waals surface area contributed by atoms with Gasteiger partial charge in [0.2, 0.25) is 10.0 Å². The Morgan fingerprint density at radius 1 is 1.19 bits per heavy atom. The summed E-state index contributed by atoms with van der Waals surface area (Å²) in [6.45, 7) is 0.319. The lowest BCUT2D eigenvalue weighted by atomic mass is 10.1. The molecule has 194 valence electrons. The highest BCUT2D eigenvalue weighted by Crippen LogP contribution is 2.30. The smallest absolute Gasteiger partial charge is 0.329 e. The lowest BCUT2D eigenvalue weighted by Gasteiger charge is -2.26. The Kier molecular flexibility index (Phi) is 9.81. The van der Waals surface area contributed by atoms with E-state index < -0.39 is 39.3 Å². The average Bonchev–Trinajstić information content (AvgIpc) is 2.90. The topological polar surface area (TPSA) is 145 Å². The van der Waals surface area contributed by atoms with E-state index in [1.165, 1.54) is 28.2 Å². The molecule has 0 bridgehead atoms. The summed E-state index contributed by atoms with van der Waals surface area (Å²) in [4.78, 5) is 35.9. The maximum Gasteiger partial charge on any atom is 0.329 e. The minimum absolute atomic E-state index is 0.0293. The van der Waals surface area contributed by atoms with Crippen LogP contribution in [0.1, 0.15) is 16.8 Å². The highest BCUT2D eigenvalue weighted by molar-refractivity contribution is 7.98. The van der Waals surface area contributed by atoms with Crippen molar-refractivity contribution in [2.75, 3.05) is 50.2 Å². The fraction of sp³-hybridized carbons (Fsp3) is 0.391. The van der Waals surface area contributed by atoms with E-state index in [0.29, 0.717) is 11.3 Å². The molecule has 1 fully saturated rings. The summed E-state index contributed by atoms with van der Waals surface area (Å²) >= 11 is 1.47. The van der Waals surface area contributed by atoms with Gasteiger partial charge in [0.05, 0.1) is 23.0 Å². The number of carbonyl (C=O) groups excluding carboxylic acids is 2. The average molecular weight is 538 g/mol. The second-order valence-corrected chi connectivity index (χ2v) is 10.8. The Morgan fingerprint density at radius 2 is 1.89 bits per heavy atom. The minimum Gasteiger partial charge on any atom is -0.456 e. The molecular formula is C23H27N3O8S2. The highest BCUT2D eigenvalue weighted by atomic mass is 32.2. The number of nitro benzene ring substituents is 1. The first kappa shape index (κ1) is 27.6. The SMILES string of the molecule is CSCCC(Nc1ccc(S(=O)(=O)N2CCOCC2)cc1[N+](=O)[O-])C(=O)OCC(=O)c1ccccc1. The first-order valence-corrected chi connectivity index (χ1v) is 13.9. The summed E-state index contributed by atoms with van der Waals surface area (Å²) in [7, 11) is -3.95. The molecule has 2 aromatic rings. The third kappa shape index (κ3) is 7.03. The van der Waals surface area contributed by atoms with Crippen LogP contribution in [0.15, 0.2) is 53.4 Å². The number of rotatable bonds is 12. The van der Waals surface area contributed by atoms with Gasteiger partial charge in [-0.15, -0.1) is 0 Å². The molecule has 2 aromatic carbocycles. The fourth-order valence-electron chi connectivity index (χ4n) is 3.50. The molecule has 0 spiro atoms. The second kappa shape index (κ2) is 12.8.